The third kappa shape index (κ3) is 2.95. The summed E-state index contributed by atoms with van der Waals surface area (Å²) in [5.74, 6) is 1.49. The van der Waals surface area contributed by atoms with Gasteiger partial charge in [0.1, 0.15) is 23.2 Å². The number of rotatable bonds is 5. The van der Waals surface area contributed by atoms with Crippen LogP contribution in [0, 0.1) is 24.0 Å². The number of hydrogen-bond acceptors (Lipinski definition) is 7. The molecular formula is C16H17N5O4. The highest BCUT2D eigenvalue weighted by atomic mass is 16.6. The van der Waals surface area contributed by atoms with Crippen molar-refractivity contribution < 1.29 is 14.2 Å². The topological polar surface area (TPSA) is 109 Å². The number of nitrogens with zero attached hydrogens (tertiary/aromatic N) is 5. The SMILES string of the molecule is COc1ccc(-c2noc([C@@H](C)n3nc(C)c([N+](=O)[O-])c3C)n2)cc1. The molecule has 25 heavy (non-hydrogen) atoms. The van der Waals surface area contributed by atoms with Crippen molar-refractivity contribution in [3.05, 3.63) is 51.7 Å². The molecule has 9 heteroatoms. The van der Waals surface area contributed by atoms with E-state index in [1.807, 2.05) is 12.1 Å². The number of aromatic nitrogens is 4. The van der Waals surface area contributed by atoms with Crippen LogP contribution in [0.1, 0.15) is 30.2 Å². The number of ether oxygens (including phenoxy) is 1. The largest absolute Gasteiger partial charge is 0.497 e. The van der Waals surface area contributed by atoms with E-state index in [0.717, 1.165) is 11.3 Å². The van der Waals surface area contributed by atoms with E-state index in [2.05, 4.69) is 15.2 Å². The fraction of sp³-hybridized carbons (Fsp3) is 0.312. The van der Waals surface area contributed by atoms with Crippen LogP contribution in [0.4, 0.5) is 5.69 Å². The summed E-state index contributed by atoms with van der Waals surface area (Å²) in [6, 6.07) is 6.84. The Morgan fingerprint density at radius 1 is 1.28 bits per heavy atom. The molecule has 0 aliphatic carbocycles. The van der Waals surface area contributed by atoms with Crippen LogP contribution in [0.5, 0.6) is 5.75 Å². The molecule has 1 aromatic carbocycles. The van der Waals surface area contributed by atoms with Gasteiger partial charge in [0.05, 0.1) is 12.0 Å². The number of methoxy groups -OCH3 is 1. The van der Waals surface area contributed by atoms with E-state index in [9.17, 15) is 10.1 Å². The fourth-order valence-corrected chi connectivity index (χ4v) is 2.66. The second-order valence-electron chi connectivity index (χ2n) is 5.58. The minimum absolute atomic E-state index is 0.00161. The lowest BCUT2D eigenvalue weighted by Crippen LogP contribution is -2.11. The van der Waals surface area contributed by atoms with Gasteiger partial charge in [-0.3, -0.25) is 14.8 Å². The highest BCUT2D eigenvalue weighted by molar-refractivity contribution is 5.55. The van der Waals surface area contributed by atoms with Gasteiger partial charge < -0.3 is 9.26 Å². The lowest BCUT2D eigenvalue weighted by Gasteiger charge is -2.08. The Labute approximate surface area is 143 Å². The van der Waals surface area contributed by atoms with Gasteiger partial charge in [-0.05, 0) is 45.0 Å². The van der Waals surface area contributed by atoms with E-state index >= 15 is 0 Å². The number of benzene rings is 1. The van der Waals surface area contributed by atoms with Gasteiger partial charge in [0.2, 0.25) is 5.82 Å². The fourth-order valence-electron chi connectivity index (χ4n) is 2.66. The molecule has 0 radical (unpaired) electrons. The zero-order valence-electron chi connectivity index (χ0n) is 14.3. The molecule has 0 spiro atoms. The lowest BCUT2D eigenvalue weighted by atomic mass is 10.2. The molecule has 9 nitrogen and oxygen atoms in total. The first-order chi connectivity index (χ1) is 11.9. The maximum absolute atomic E-state index is 11.1. The molecule has 0 aliphatic heterocycles. The Morgan fingerprint density at radius 2 is 1.96 bits per heavy atom. The van der Waals surface area contributed by atoms with E-state index in [1.165, 1.54) is 4.68 Å². The Balaban J connectivity index is 1.91. The van der Waals surface area contributed by atoms with E-state index in [-0.39, 0.29) is 5.69 Å². The highest BCUT2D eigenvalue weighted by Gasteiger charge is 2.27. The van der Waals surface area contributed by atoms with Gasteiger partial charge in [-0.25, -0.2) is 0 Å². The zero-order valence-corrected chi connectivity index (χ0v) is 14.3. The van der Waals surface area contributed by atoms with Crippen LogP contribution < -0.4 is 4.74 Å². The smallest absolute Gasteiger partial charge is 0.312 e. The van der Waals surface area contributed by atoms with Crippen molar-refractivity contribution in [1.82, 2.24) is 19.9 Å². The summed E-state index contributed by atoms with van der Waals surface area (Å²) in [5.41, 5.74) is 1.58. The Morgan fingerprint density at radius 3 is 2.52 bits per heavy atom. The monoisotopic (exact) mass is 343 g/mol. The van der Waals surface area contributed by atoms with Gasteiger partial charge >= 0.3 is 5.69 Å². The highest BCUT2D eigenvalue weighted by Crippen LogP contribution is 2.28. The Kier molecular flexibility index (Phi) is 4.22. The average molecular weight is 343 g/mol. The van der Waals surface area contributed by atoms with Crippen LogP contribution in [0.2, 0.25) is 0 Å². The first kappa shape index (κ1) is 16.6. The molecule has 0 saturated heterocycles. The van der Waals surface area contributed by atoms with Crippen LogP contribution in [0.15, 0.2) is 28.8 Å². The average Bonchev–Trinajstić information content (AvgIpc) is 3.19. The van der Waals surface area contributed by atoms with Crippen molar-refractivity contribution in [2.24, 2.45) is 0 Å². The van der Waals surface area contributed by atoms with Crippen LogP contribution in [-0.4, -0.2) is 32.0 Å². The Hall–Kier alpha value is -3.23. The summed E-state index contributed by atoms with van der Waals surface area (Å²) in [6.07, 6.45) is 0. The van der Waals surface area contributed by atoms with Gasteiger partial charge in [-0.1, -0.05) is 5.16 Å². The molecule has 130 valence electrons. The molecule has 0 fully saturated rings. The van der Waals surface area contributed by atoms with Gasteiger partial charge in [0.25, 0.3) is 5.89 Å². The van der Waals surface area contributed by atoms with Crippen LogP contribution >= 0.6 is 0 Å². The summed E-state index contributed by atoms with van der Waals surface area (Å²) < 4.78 is 12.0. The molecule has 2 aromatic heterocycles. The van der Waals surface area contributed by atoms with Crippen molar-refractivity contribution >= 4 is 5.69 Å². The molecule has 0 amide bonds. The summed E-state index contributed by atoms with van der Waals surface area (Å²) in [5, 5.41) is 19.4. The van der Waals surface area contributed by atoms with E-state index < -0.39 is 11.0 Å². The van der Waals surface area contributed by atoms with E-state index in [1.54, 1.807) is 40.0 Å². The quantitative estimate of drug-likeness (QED) is 0.517. The first-order valence-corrected chi connectivity index (χ1v) is 7.60. The van der Waals surface area contributed by atoms with Gasteiger partial charge in [-0.2, -0.15) is 10.1 Å². The third-order valence-corrected chi connectivity index (χ3v) is 3.98. The third-order valence-electron chi connectivity index (χ3n) is 3.98. The van der Waals surface area contributed by atoms with Crippen LogP contribution in [-0.2, 0) is 0 Å². The molecule has 0 unspecified atom stereocenters. The second-order valence-corrected chi connectivity index (χ2v) is 5.58. The lowest BCUT2D eigenvalue weighted by molar-refractivity contribution is -0.386. The molecule has 3 aromatic rings. The maximum Gasteiger partial charge on any atom is 0.312 e. The van der Waals surface area contributed by atoms with Crippen molar-refractivity contribution in [3.8, 4) is 17.1 Å². The number of aryl methyl sites for hydroxylation is 1. The summed E-state index contributed by atoms with van der Waals surface area (Å²) >= 11 is 0. The minimum Gasteiger partial charge on any atom is -0.497 e. The normalized spacial score (nSPS) is 12.2. The maximum atomic E-state index is 11.1. The van der Waals surface area contributed by atoms with Gasteiger partial charge in [0.15, 0.2) is 0 Å². The van der Waals surface area contributed by atoms with Gasteiger partial charge in [-0.15, -0.1) is 0 Å². The molecule has 0 bridgehead atoms. The minimum atomic E-state index is -0.433. The predicted octanol–water partition coefficient (Wildman–Crippen LogP) is 3.08. The molecule has 3 rings (SSSR count). The second kappa shape index (κ2) is 6.34. The standard InChI is InChI=1S/C16H17N5O4/c1-9-14(21(22)23)10(2)20(18-9)11(3)16-17-15(19-25-16)12-5-7-13(24-4)8-6-12/h5-8,11H,1-4H3/t11-/m1/s1. The summed E-state index contributed by atoms with van der Waals surface area (Å²) in [7, 11) is 1.59. The summed E-state index contributed by atoms with van der Waals surface area (Å²) in [4.78, 5) is 15.1. The van der Waals surface area contributed by atoms with Crippen molar-refractivity contribution in [1.29, 1.82) is 0 Å². The van der Waals surface area contributed by atoms with Gasteiger partial charge in [0, 0.05) is 5.56 Å². The summed E-state index contributed by atoms with van der Waals surface area (Å²) in [6.45, 7) is 5.05. The molecule has 2 heterocycles. The molecular weight excluding hydrogens is 326 g/mol. The first-order valence-electron chi connectivity index (χ1n) is 7.60. The zero-order chi connectivity index (χ0) is 18.1. The predicted molar refractivity (Wildman–Crippen MR) is 88.5 cm³/mol. The number of nitro groups is 1. The molecule has 0 saturated carbocycles. The molecule has 1 atom stereocenters. The number of hydrogen-bond donors (Lipinski definition) is 0. The van der Waals surface area contributed by atoms with Crippen molar-refractivity contribution in [2.75, 3.05) is 7.11 Å². The van der Waals surface area contributed by atoms with Crippen molar-refractivity contribution in [2.45, 2.75) is 26.8 Å². The van der Waals surface area contributed by atoms with Crippen molar-refractivity contribution in [3.63, 3.8) is 0 Å². The Bertz CT molecular complexity index is 913. The van der Waals surface area contributed by atoms with E-state index in [0.29, 0.717) is 23.1 Å². The van der Waals surface area contributed by atoms with E-state index in [4.69, 9.17) is 9.26 Å². The van der Waals surface area contributed by atoms with Crippen LogP contribution in [0.3, 0.4) is 0 Å². The van der Waals surface area contributed by atoms with Crippen LogP contribution in [0.25, 0.3) is 11.4 Å². The molecule has 0 N–H and O–H groups in total. The molecule has 0 aliphatic rings.